The summed E-state index contributed by atoms with van der Waals surface area (Å²) in [6, 6.07) is 12.5. The zero-order chi connectivity index (χ0) is 17.5. The van der Waals surface area contributed by atoms with E-state index >= 15 is 0 Å². The third-order valence-corrected chi connectivity index (χ3v) is 5.76. The summed E-state index contributed by atoms with van der Waals surface area (Å²) in [5.41, 5.74) is 2.38. The van der Waals surface area contributed by atoms with Gasteiger partial charge in [0.25, 0.3) is 0 Å². The first-order valence-corrected chi connectivity index (χ1v) is 8.42. The molecule has 3 nitrogen and oxygen atoms in total. The normalized spacial score (nSPS) is 28.8. The Morgan fingerprint density at radius 1 is 1.33 bits per heavy atom. The largest absolute Gasteiger partial charge is 0.374 e. The predicted octanol–water partition coefficient (Wildman–Crippen LogP) is 3.74. The minimum atomic E-state index is -0.627. The van der Waals surface area contributed by atoms with E-state index in [9.17, 15) is 10.1 Å². The van der Waals surface area contributed by atoms with E-state index in [-0.39, 0.29) is 11.2 Å². The van der Waals surface area contributed by atoms with E-state index in [1.165, 1.54) is 5.56 Å². The first kappa shape index (κ1) is 16.5. The highest BCUT2D eigenvalue weighted by Crippen LogP contribution is 2.57. The van der Waals surface area contributed by atoms with Crippen LogP contribution in [0.5, 0.6) is 0 Å². The standard InChI is InChI=1S/C21H24N2O/c1-15-21(12-16-8-6-5-7-9-16)13-17(14-22)19(24)20(2,3)18(21)10-11-23(15)4/h5-10,17H,1,11-13H2,2-4H3. The molecule has 3 heteroatoms. The van der Waals surface area contributed by atoms with Gasteiger partial charge in [0.15, 0.2) is 5.78 Å². The first-order valence-electron chi connectivity index (χ1n) is 8.42. The Morgan fingerprint density at radius 2 is 2.00 bits per heavy atom. The third kappa shape index (κ3) is 2.29. The van der Waals surface area contributed by atoms with E-state index in [1.54, 1.807) is 0 Å². The molecule has 1 aromatic carbocycles. The molecule has 0 N–H and O–H groups in total. The maximum absolute atomic E-state index is 12.8. The van der Waals surface area contributed by atoms with Crippen LogP contribution in [0.1, 0.15) is 25.8 Å². The van der Waals surface area contributed by atoms with E-state index in [0.717, 1.165) is 24.2 Å². The smallest absolute Gasteiger partial charge is 0.159 e. The molecule has 124 valence electrons. The van der Waals surface area contributed by atoms with E-state index in [0.29, 0.717) is 6.42 Å². The molecule has 1 saturated carbocycles. The SMILES string of the molecule is C=C1N(C)CC=C2C(C)(C)C(=O)C(C#N)CC12Cc1ccccc1. The topological polar surface area (TPSA) is 44.1 Å². The molecule has 0 amide bonds. The lowest BCUT2D eigenvalue weighted by Crippen LogP contribution is -2.53. The van der Waals surface area contributed by atoms with Crippen molar-refractivity contribution in [2.75, 3.05) is 13.6 Å². The number of Topliss-reactive ketones (excluding diaryl/α,β-unsaturated/α-hetero) is 1. The Kier molecular flexibility index (Phi) is 3.87. The van der Waals surface area contributed by atoms with Gasteiger partial charge in [0, 0.05) is 30.1 Å². The summed E-state index contributed by atoms with van der Waals surface area (Å²) in [6.07, 6.45) is 3.48. The summed E-state index contributed by atoms with van der Waals surface area (Å²) in [7, 11) is 2.03. The maximum Gasteiger partial charge on any atom is 0.159 e. The second-order valence-corrected chi connectivity index (χ2v) is 7.56. The predicted molar refractivity (Wildman–Crippen MR) is 94.9 cm³/mol. The number of hydrogen-bond acceptors (Lipinski definition) is 3. The number of ketones is 1. The summed E-state index contributed by atoms with van der Waals surface area (Å²) in [4.78, 5) is 15.0. The summed E-state index contributed by atoms with van der Waals surface area (Å²) in [6.45, 7) is 9.06. The molecule has 1 heterocycles. The minimum Gasteiger partial charge on any atom is -0.374 e. The highest BCUT2D eigenvalue weighted by atomic mass is 16.1. The van der Waals surface area contributed by atoms with Crippen molar-refractivity contribution >= 4 is 5.78 Å². The Labute approximate surface area is 144 Å². The molecule has 2 unspecified atom stereocenters. The van der Waals surface area contributed by atoms with Crippen LogP contribution in [-0.2, 0) is 11.2 Å². The van der Waals surface area contributed by atoms with Crippen LogP contribution in [0.15, 0.2) is 54.3 Å². The van der Waals surface area contributed by atoms with Gasteiger partial charge in [-0.1, -0.05) is 43.0 Å². The number of hydrogen-bond donors (Lipinski definition) is 0. The Bertz CT molecular complexity index is 754. The molecular formula is C21H24N2O. The molecule has 1 aromatic rings. The van der Waals surface area contributed by atoms with Crippen LogP contribution in [0, 0.1) is 28.1 Å². The summed E-state index contributed by atoms with van der Waals surface area (Å²) in [5, 5.41) is 9.58. The van der Waals surface area contributed by atoms with Crippen molar-refractivity contribution in [3.05, 3.63) is 59.8 Å². The molecule has 0 saturated heterocycles. The number of carbonyl (C=O) groups excluding carboxylic acids is 1. The van der Waals surface area contributed by atoms with E-state index in [4.69, 9.17) is 0 Å². The highest BCUT2D eigenvalue weighted by Gasteiger charge is 2.56. The number of likely N-dealkylation sites (N-methyl/N-ethyl adjacent to an activating group) is 1. The second kappa shape index (κ2) is 5.63. The van der Waals surface area contributed by atoms with Gasteiger partial charge in [-0.05, 0) is 37.8 Å². The second-order valence-electron chi connectivity index (χ2n) is 7.56. The molecule has 2 aliphatic rings. The van der Waals surface area contributed by atoms with Crippen LogP contribution in [0.2, 0.25) is 0 Å². The Balaban J connectivity index is 2.17. The molecule has 3 rings (SSSR count). The number of nitrogens with zero attached hydrogens (tertiary/aromatic N) is 2. The molecular weight excluding hydrogens is 296 g/mol. The van der Waals surface area contributed by atoms with Crippen molar-refractivity contribution in [2.45, 2.75) is 26.7 Å². The molecule has 0 spiro atoms. The Hall–Kier alpha value is -2.34. The minimum absolute atomic E-state index is 0.0392. The van der Waals surface area contributed by atoms with Gasteiger partial charge in [-0.2, -0.15) is 5.26 Å². The van der Waals surface area contributed by atoms with Gasteiger partial charge in [0.2, 0.25) is 0 Å². The molecule has 0 radical (unpaired) electrons. The monoisotopic (exact) mass is 320 g/mol. The number of fused-ring (bicyclic) bond motifs is 1. The van der Waals surface area contributed by atoms with Crippen LogP contribution in [-0.4, -0.2) is 24.3 Å². The van der Waals surface area contributed by atoms with Gasteiger partial charge in [0.1, 0.15) is 5.92 Å². The fourth-order valence-electron chi connectivity index (χ4n) is 4.46. The van der Waals surface area contributed by atoms with E-state index in [1.807, 2.05) is 39.1 Å². The molecule has 0 aromatic heterocycles. The zero-order valence-electron chi connectivity index (χ0n) is 14.7. The van der Waals surface area contributed by atoms with Gasteiger partial charge in [-0.3, -0.25) is 4.79 Å². The van der Waals surface area contributed by atoms with Crippen molar-refractivity contribution in [1.29, 1.82) is 5.26 Å². The van der Waals surface area contributed by atoms with Gasteiger partial charge in [-0.15, -0.1) is 0 Å². The van der Waals surface area contributed by atoms with E-state index < -0.39 is 11.3 Å². The van der Waals surface area contributed by atoms with Crippen LogP contribution in [0.4, 0.5) is 0 Å². The van der Waals surface area contributed by atoms with Gasteiger partial charge in [-0.25, -0.2) is 0 Å². The number of benzene rings is 1. The molecule has 0 bridgehead atoms. The lowest BCUT2D eigenvalue weighted by molar-refractivity contribution is -0.131. The van der Waals surface area contributed by atoms with Gasteiger partial charge in [0.05, 0.1) is 6.07 Å². The summed E-state index contributed by atoms with van der Waals surface area (Å²) < 4.78 is 0. The van der Waals surface area contributed by atoms with Crippen molar-refractivity contribution in [1.82, 2.24) is 4.90 Å². The van der Waals surface area contributed by atoms with Crippen LogP contribution in [0.3, 0.4) is 0 Å². The molecule has 1 aliphatic heterocycles. The van der Waals surface area contributed by atoms with Crippen molar-refractivity contribution in [3.8, 4) is 6.07 Å². The number of allylic oxidation sites excluding steroid dienone is 1. The van der Waals surface area contributed by atoms with Crippen LogP contribution < -0.4 is 0 Å². The lowest BCUT2D eigenvalue weighted by Gasteiger charge is -2.53. The average molecular weight is 320 g/mol. The first-order chi connectivity index (χ1) is 11.3. The molecule has 24 heavy (non-hydrogen) atoms. The lowest BCUT2D eigenvalue weighted by atomic mass is 9.52. The summed E-state index contributed by atoms with van der Waals surface area (Å²) in [5.74, 6) is -0.540. The zero-order valence-corrected chi connectivity index (χ0v) is 14.7. The molecule has 1 fully saturated rings. The van der Waals surface area contributed by atoms with Gasteiger partial charge < -0.3 is 4.90 Å². The van der Waals surface area contributed by atoms with Crippen molar-refractivity contribution in [3.63, 3.8) is 0 Å². The maximum atomic E-state index is 12.8. The third-order valence-electron chi connectivity index (χ3n) is 5.76. The number of nitriles is 1. The fraction of sp³-hybridized carbons (Fsp3) is 0.429. The van der Waals surface area contributed by atoms with Crippen LogP contribution >= 0.6 is 0 Å². The summed E-state index contributed by atoms with van der Waals surface area (Å²) >= 11 is 0. The molecule has 2 atom stereocenters. The van der Waals surface area contributed by atoms with Crippen LogP contribution in [0.25, 0.3) is 0 Å². The number of rotatable bonds is 2. The Morgan fingerprint density at radius 3 is 2.62 bits per heavy atom. The fourth-order valence-corrected chi connectivity index (χ4v) is 4.46. The van der Waals surface area contributed by atoms with Crippen molar-refractivity contribution < 1.29 is 4.79 Å². The average Bonchev–Trinajstić information content (AvgIpc) is 2.56. The highest BCUT2D eigenvalue weighted by molar-refractivity contribution is 5.93. The quantitative estimate of drug-likeness (QED) is 0.780. The molecule has 1 aliphatic carbocycles. The van der Waals surface area contributed by atoms with Crippen molar-refractivity contribution in [2.24, 2.45) is 16.7 Å². The van der Waals surface area contributed by atoms with Gasteiger partial charge >= 0.3 is 0 Å². The number of carbonyl (C=O) groups is 1. The van der Waals surface area contributed by atoms with E-state index in [2.05, 4.69) is 35.8 Å².